The quantitative estimate of drug-likeness (QED) is 0.779. The molecule has 1 aliphatic carbocycles. The van der Waals surface area contributed by atoms with Gasteiger partial charge in [0.15, 0.2) is 0 Å². The summed E-state index contributed by atoms with van der Waals surface area (Å²) in [6, 6.07) is 14.9. The first-order valence-electron chi connectivity index (χ1n) is 7.96. The molecule has 1 fully saturated rings. The highest BCUT2D eigenvalue weighted by Gasteiger charge is 2.26. The fraction of sp³-hybridized carbons (Fsp3) is 0.421. The molecule has 1 saturated carbocycles. The van der Waals surface area contributed by atoms with Crippen LogP contribution in [0.5, 0.6) is 5.75 Å². The summed E-state index contributed by atoms with van der Waals surface area (Å²) in [5, 5.41) is 11.2. The number of ether oxygens (including phenoxy) is 1. The molecule has 1 unspecified atom stereocenters. The van der Waals surface area contributed by atoms with E-state index in [1.165, 1.54) is 37.0 Å². The van der Waals surface area contributed by atoms with Crippen molar-refractivity contribution in [1.29, 1.82) is 5.26 Å². The van der Waals surface area contributed by atoms with Crippen LogP contribution in [-0.4, -0.2) is 6.10 Å². The molecule has 1 radical (unpaired) electrons. The van der Waals surface area contributed by atoms with Crippen LogP contribution >= 0.6 is 11.3 Å². The van der Waals surface area contributed by atoms with Crippen molar-refractivity contribution in [2.45, 2.75) is 44.6 Å². The molecule has 1 atom stereocenters. The first-order valence-corrected chi connectivity index (χ1v) is 8.84. The Morgan fingerprint density at radius 1 is 1.32 bits per heavy atom. The predicted octanol–water partition coefficient (Wildman–Crippen LogP) is 4.99. The normalized spacial score (nSPS) is 16.9. The largest absolute Gasteiger partial charge is 0.489 e. The van der Waals surface area contributed by atoms with E-state index in [9.17, 15) is 0 Å². The van der Waals surface area contributed by atoms with E-state index in [2.05, 4.69) is 29.6 Å². The van der Waals surface area contributed by atoms with Gasteiger partial charge in [-0.25, -0.2) is 0 Å². The number of benzene rings is 1. The van der Waals surface area contributed by atoms with Gasteiger partial charge in [0, 0.05) is 17.4 Å². The second kappa shape index (κ2) is 7.47. The van der Waals surface area contributed by atoms with Crippen molar-refractivity contribution >= 4 is 11.3 Å². The van der Waals surface area contributed by atoms with Crippen molar-refractivity contribution in [2.24, 2.45) is 5.92 Å². The van der Waals surface area contributed by atoms with E-state index in [1.54, 1.807) is 29.5 Å². The van der Waals surface area contributed by atoms with Crippen LogP contribution < -0.4 is 4.74 Å². The number of nitriles is 1. The summed E-state index contributed by atoms with van der Waals surface area (Å²) in [4.78, 5) is 1.37. The summed E-state index contributed by atoms with van der Waals surface area (Å²) in [7, 11) is 0. The summed E-state index contributed by atoms with van der Waals surface area (Å²) in [6.45, 7) is 0. The Morgan fingerprint density at radius 2 is 2.18 bits per heavy atom. The zero-order valence-corrected chi connectivity index (χ0v) is 13.4. The number of nitrogens with zero attached hydrogens (tertiary/aromatic N) is 1. The molecule has 1 aliphatic rings. The van der Waals surface area contributed by atoms with Crippen LogP contribution in [0.1, 0.15) is 42.5 Å². The van der Waals surface area contributed by atoms with E-state index < -0.39 is 0 Å². The summed E-state index contributed by atoms with van der Waals surface area (Å²) in [5.41, 5.74) is 0.632. The van der Waals surface area contributed by atoms with Crippen molar-refractivity contribution in [3.63, 3.8) is 0 Å². The zero-order valence-electron chi connectivity index (χ0n) is 12.6. The van der Waals surface area contributed by atoms with Crippen molar-refractivity contribution < 1.29 is 4.74 Å². The lowest BCUT2D eigenvalue weighted by Gasteiger charge is -2.30. The monoisotopic (exact) mass is 310 g/mol. The fourth-order valence-electron chi connectivity index (χ4n) is 3.18. The Kier molecular flexibility index (Phi) is 5.13. The number of hydrogen-bond donors (Lipinski definition) is 0. The van der Waals surface area contributed by atoms with Gasteiger partial charge in [-0.2, -0.15) is 5.26 Å². The molecule has 3 rings (SSSR count). The highest BCUT2D eigenvalue weighted by atomic mass is 32.1. The van der Waals surface area contributed by atoms with Gasteiger partial charge >= 0.3 is 0 Å². The smallest absolute Gasteiger partial charge is 0.129 e. The standard InChI is InChI=1S/C19H20NOS/c20-14-15-6-4-9-17(12-15)21-19(13-18-10-5-11-22-18)16-7-2-1-3-8-16/h4-6,10-12,16,19H,1-3,7-8,13H2. The lowest BCUT2D eigenvalue weighted by molar-refractivity contribution is 0.108. The maximum absolute atomic E-state index is 9.03. The SMILES string of the molecule is N#Cc1cc[c]c(OC(Cc2cccs2)C2CCCCC2)c1. The van der Waals surface area contributed by atoms with E-state index >= 15 is 0 Å². The minimum Gasteiger partial charge on any atom is -0.489 e. The van der Waals surface area contributed by atoms with Gasteiger partial charge in [0.25, 0.3) is 0 Å². The van der Waals surface area contributed by atoms with Gasteiger partial charge in [0.2, 0.25) is 0 Å². The van der Waals surface area contributed by atoms with Crippen LogP contribution in [0.15, 0.2) is 35.7 Å². The molecule has 1 aromatic carbocycles. The van der Waals surface area contributed by atoms with Gasteiger partial charge in [-0.15, -0.1) is 11.3 Å². The highest BCUT2D eigenvalue weighted by molar-refractivity contribution is 7.09. The van der Waals surface area contributed by atoms with Gasteiger partial charge in [-0.05, 0) is 48.4 Å². The zero-order chi connectivity index (χ0) is 15.2. The van der Waals surface area contributed by atoms with Crippen molar-refractivity contribution in [2.75, 3.05) is 0 Å². The Hall–Kier alpha value is -1.79. The maximum Gasteiger partial charge on any atom is 0.129 e. The van der Waals surface area contributed by atoms with Gasteiger partial charge in [0.1, 0.15) is 11.9 Å². The van der Waals surface area contributed by atoms with E-state index in [4.69, 9.17) is 10.00 Å². The Morgan fingerprint density at radius 3 is 2.91 bits per heavy atom. The number of thiophene rings is 1. The summed E-state index contributed by atoms with van der Waals surface area (Å²) in [6.07, 6.45) is 7.57. The van der Waals surface area contributed by atoms with E-state index in [0.717, 1.165) is 6.42 Å². The molecule has 3 heteroatoms. The summed E-state index contributed by atoms with van der Waals surface area (Å²) >= 11 is 1.79. The van der Waals surface area contributed by atoms with Crippen LogP contribution in [0.4, 0.5) is 0 Å². The maximum atomic E-state index is 9.03. The molecule has 0 saturated heterocycles. The van der Waals surface area contributed by atoms with Crippen LogP contribution in [0, 0.1) is 23.3 Å². The molecule has 1 heterocycles. The molecule has 0 spiro atoms. The average Bonchev–Trinajstić information content (AvgIpc) is 3.08. The molecule has 0 aliphatic heterocycles. The highest BCUT2D eigenvalue weighted by Crippen LogP contribution is 2.31. The van der Waals surface area contributed by atoms with E-state index in [-0.39, 0.29) is 6.10 Å². The first kappa shape index (κ1) is 15.1. The molecule has 0 amide bonds. The molecular formula is C19H20NOS. The van der Waals surface area contributed by atoms with E-state index in [1.807, 2.05) is 0 Å². The first-order chi connectivity index (χ1) is 10.8. The predicted molar refractivity (Wildman–Crippen MR) is 89.0 cm³/mol. The van der Waals surface area contributed by atoms with Crippen molar-refractivity contribution in [3.8, 4) is 11.8 Å². The van der Waals surface area contributed by atoms with Crippen LogP contribution in [0.3, 0.4) is 0 Å². The van der Waals surface area contributed by atoms with Crippen LogP contribution in [-0.2, 0) is 6.42 Å². The Bertz CT molecular complexity index is 623. The molecule has 22 heavy (non-hydrogen) atoms. The molecule has 113 valence electrons. The molecule has 1 aromatic heterocycles. The number of hydrogen-bond acceptors (Lipinski definition) is 3. The van der Waals surface area contributed by atoms with Gasteiger partial charge in [-0.3, -0.25) is 0 Å². The minimum atomic E-state index is 0.184. The van der Waals surface area contributed by atoms with Crippen LogP contribution in [0.2, 0.25) is 0 Å². The lowest BCUT2D eigenvalue weighted by Crippen LogP contribution is -2.30. The topological polar surface area (TPSA) is 33.0 Å². The molecule has 2 aromatic rings. The minimum absolute atomic E-state index is 0.184. The van der Waals surface area contributed by atoms with Gasteiger partial charge < -0.3 is 4.74 Å². The molecule has 0 N–H and O–H groups in total. The fourth-order valence-corrected chi connectivity index (χ4v) is 3.93. The van der Waals surface area contributed by atoms with Gasteiger partial charge in [0.05, 0.1) is 11.6 Å². The summed E-state index contributed by atoms with van der Waals surface area (Å²) < 4.78 is 6.27. The third kappa shape index (κ3) is 3.90. The van der Waals surface area contributed by atoms with Crippen LogP contribution in [0.25, 0.3) is 0 Å². The Labute approximate surface area is 136 Å². The molecule has 0 bridgehead atoms. The third-order valence-corrected chi connectivity index (χ3v) is 5.24. The second-order valence-electron chi connectivity index (χ2n) is 5.89. The number of rotatable bonds is 5. The third-order valence-electron chi connectivity index (χ3n) is 4.34. The lowest BCUT2D eigenvalue weighted by atomic mass is 9.84. The second-order valence-corrected chi connectivity index (χ2v) is 6.92. The van der Waals surface area contributed by atoms with E-state index in [0.29, 0.717) is 17.2 Å². The molecular weight excluding hydrogens is 290 g/mol. The molecule has 2 nitrogen and oxygen atoms in total. The summed E-state index contributed by atoms with van der Waals surface area (Å²) in [5.74, 6) is 1.31. The average molecular weight is 310 g/mol. The Balaban J connectivity index is 1.76. The van der Waals surface area contributed by atoms with Gasteiger partial charge in [-0.1, -0.05) is 25.3 Å². The van der Waals surface area contributed by atoms with Crippen molar-refractivity contribution in [1.82, 2.24) is 0 Å². The van der Waals surface area contributed by atoms with Crippen molar-refractivity contribution in [3.05, 3.63) is 52.2 Å².